The summed E-state index contributed by atoms with van der Waals surface area (Å²) in [5, 5.41) is 14.9. The second kappa shape index (κ2) is 7.95. The minimum atomic E-state index is -0.0607. The number of hydrogen-bond acceptors (Lipinski definition) is 3. The number of nitriles is 1. The fraction of sp³-hybridized carbons (Fsp3) is 0.250. The number of nitrogens with zero attached hydrogens (tertiary/aromatic N) is 1. The number of carbonyl (C=O) groups is 1. The van der Waals surface area contributed by atoms with E-state index < -0.39 is 0 Å². The van der Waals surface area contributed by atoms with E-state index in [4.69, 9.17) is 16.9 Å². The van der Waals surface area contributed by atoms with Crippen molar-refractivity contribution in [1.82, 2.24) is 0 Å². The van der Waals surface area contributed by atoms with Gasteiger partial charge in [0.2, 0.25) is 5.91 Å². The standard InChI is InChI=1S/C16H16ClN3OS/c1-20(11-12-2-4-14(17)5-3-12)8-6-15(21)19-16-13(10-18)7-9-22-16/h2-5,7,9H,6,8,11H2,1H3,(H,19,21)/p+1. The van der Waals surface area contributed by atoms with Crippen LogP contribution >= 0.6 is 22.9 Å². The Morgan fingerprint density at radius 1 is 1.36 bits per heavy atom. The number of quaternary nitrogens is 1. The number of halogens is 1. The summed E-state index contributed by atoms with van der Waals surface area (Å²) >= 11 is 7.23. The summed E-state index contributed by atoms with van der Waals surface area (Å²) in [5.41, 5.74) is 1.70. The zero-order chi connectivity index (χ0) is 15.9. The molecule has 22 heavy (non-hydrogen) atoms. The van der Waals surface area contributed by atoms with E-state index in [1.165, 1.54) is 21.8 Å². The molecule has 0 bridgehead atoms. The van der Waals surface area contributed by atoms with Crippen molar-refractivity contribution in [2.24, 2.45) is 0 Å². The van der Waals surface area contributed by atoms with E-state index in [1.807, 2.05) is 31.3 Å². The second-order valence-electron chi connectivity index (χ2n) is 5.08. The maximum atomic E-state index is 11.9. The predicted octanol–water partition coefficient (Wildman–Crippen LogP) is 2.32. The third kappa shape index (κ3) is 4.85. The molecule has 114 valence electrons. The minimum Gasteiger partial charge on any atom is -0.333 e. The minimum absolute atomic E-state index is 0.0607. The molecule has 2 aromatic rings. The first-order chi connectivity index (χ1) is 10.6. The molecule has 1 aromatic heterocycles. The summed E-state index contributed by atoms with van der Waals surface area (Å²) in [6.07, 6.45) is 0.419. The average Bonchev–Trinajstić information content (AvgIpc) is 2.95. The van der Waals surface area contributed by atoms with Crippen molar-refractivity contribution in [2.45, 2.75) is 13.0 Å². The van der Waals surface area contributed by atoms with Crippen LogP contribution in [0, 0.1) is 11.3 Å². The van der Waals surface area contributed by atoms with Crippen LogP contribution in [0.1, 0.15) is 17.5 Å². The molecule has 0 aliphatic heterocycles. The Labute approximate surface area is 138 Å². The summed E-state index contributed by atoms with van der Waals surface area (Å²) < 4.78 is 0. The Bertz CT molecular complexity index is 675. The first-order valence-corrected chi connectivity index (χ1v) is 8.17. The van der Waals surface area contributed by atoms with Crippen LogP contribution in [0.3, 0.4) is 0 Å². The number of thiophene rings is 1. The van der Waals surface area contributed by atoms with Crippen LogP contribution in [0.15, 0.2) is 35.7 Å². The second-order valence-corrected chi connectivity index (χ2v) is 6.44. The smallest absolute Gasteiger partial charge is 0.230 e. The number of rotatable bonds is 6. The molecule has 6 heteroatoms. The van der Waals surface area contributed by atoms with Crippen LogP contribution in [-0.4, -0.2) is 19.5 Å². The third-order valence-corrected chi connectivity index (χ3v) is 4.32. The molecular weight excluding hydrogens is 318 g/mol. The molecule has 1 aromatic carbocycles. The molecule has 4 nitrogen and oxygen atoms in total. The lowest BCUT2D eigenvalue weighted by atomic mass is 10.2. The van der Waals surface area contributed by atoms with Crippen molar-refractivity contribution in [3.8, 4) is 6.07 Å². The molecule has 1 amide bonds. The van der Waals surface area contributed by atoms with Gasteiger partial charge in [-0.25, -0.2) is 0 Å². The number of carbonyl (C=O) groups excluding carboxylic acids is 1. The van der Waals surface area contributed by atoms with Gasteiger partial charge in [-0.15, -0.1) is 11.3 Å². The number of amides is 1. The van der Waals surface area contributed by atoms with E-state index in [1.54, 1.807) is 11.4 Å². The van der Waals surface area contributed by atoms with Gasteiger partial charge in [-0.05, 0) is 23.6 Å². The molecule has 0 saturated carbocycles. The van der Waals surface area contributed by atoms with Crippen molar-refractivity contribution in [2.75, 3.05) is 18.9 Å². The van der Waals surface area contributed by atoms with E-state index >= 15 is 0 Å². The highest BCUT2D eigenvalue weighted by molar-refractivity contribution is 7.14. The molecule has 1 heterocycles. The molecule has 0 saturated heterocycles. The van der Waals surface area contributed by atoms with Crippen LogP contribution < -0.4 is 10.2 Å². The van der Waals surface area contributed by atoms with Gasteiger partial charge >= 0.3 is 0 Å². The lowest BCUT2D eigenvalue weighted by molar-refractivity contribution is -0.893. The van der Waals surface area contributed by atoms with Gasteiger partial charge < -0.3 is 10.2 Å². The number of anilines is 1. The fourth-order valence-electron chi connectivity index (χ4n) is 2.05. The highest BCUT2D eigenvalue weighted by atomic mass is 35.5. The maximum Gasteiger partial charge on any atom is 0.230 e. The van der Waals surface area contributed by atoms with Crippen molar-refractivity contribution in [1.29, 1.82) is 5.26 Å². The van der Waals surface area contributed by atoms with Crippen LogP contribution in [0.4, 0.5) is 5.00 Å². The Hall–Kier alpha value is -1.87. The summed E-state index contributed by atoms with van der Waals surface area (Å²) in [5.74, 6) is -0.0607. The van der Waals surface area contributed by atoms with E-state index in [2.05, 4.69) is 11.4 Å². The summed E-state index contributed by atoms with van der Waals surface area (Å²) in [6, 6.07) is 11.5. The van der Waals surface area contributed by atoms with Gasteiger partial charge in [-0.2, -0.15) is 5.26 Å². The van der Waals surface area contributed by atoms with Gasteiger partial charge in [0.1, 0.15) is 17.6 Å². The number of hydrogen-bond donors (Lipinski definition) is 2. The van der Waals surface area contributed by atoms with Crippen molar-refractivity contribution < 1.29 is 9.69 Å². The molecule has 0 aliphatic rings. The van der Waals surface area contributed by atoms with Gasteiger partial charge in [0, 0.05) is 10.6 Å². The number of nitrogens with one attached hydrogen (secondary N) is 2. The molecular formula is C16H17ClN3OS+. The molecule has 0 radical (unpaired) electrons. The Kier molecular flexibility index (Phi) is 5.96. The highest BCUT2D eigenvalue weighted by Crippen LogP contribution is 2.21. The zero-order valence-electron chi connectivity index (χ0n) is 12.2. The average molecular weight is 335 g/mol. The van der Waals surface area contributed by atoms with Gasteiger partial charge in [0.05, 0.1) is 25.6 Å². The Morgan fingerprint density at radius 2 is 2.09 bits per heavy atom. The largest absolute Gasteiger partial charge is 0.333 e. The Balaban J connectivity index is 1.78. The summed E-state index contributed by atoms with van der Waals surface area (Å²) in [7, 11) is 2.05. The zero-order valence-corrected chi connectivity index (χ0v) is 13.8. The van der Waals surface area contributed by atoms with E-state index in [9.17, 15) is 4.79 Å². The normalized spacial score (nSPS) is 11.7. The van der Waals surface area contributed by atoms with E-state index in [0.29, 0.717) is 17.0 Å². The predicted molar refractivity (Wildman–Crippen MR) is 89.2 cm³/mol. The summed E-state index contributed by atoms with van der Waals surface area (Å²) in [4.78, 5) is 13.2. The first kappa shape index (κ1) is 16.5. The molecule has 0 spiro atoms. The quantitative estimate of drug-likeness (QED) is 0.851. The van der Waals surface area contributed by atoms with Gasteiger partial charge in [0.15, 0.2) is 0 Å². The molecule has 2 N–H and O–H groups in total. The third-order valence-electron chi connectivity index (χ3n) is 3.24. The maximum absolute atomic E-state index is 11.9. The Morgan fingerprint density at radius 3 is 2.77 bits per heavy atom. The van der Waals surface area contributed by atoms with Gasteiger partial charge in [-0.3, -0.25) is 4.79 Å². The van der Waals surface area contributed by atoms with E-state index in [0.717, 1.165) is 18.1 Å². The first-order valence-electron chi connectivity index (χ1n) is 6.91. The molecule has 1 unspecified atom stereocenters. The SMILES string of the molecule is C[NH+](CCC(=O)Nc1sccc1C#N)Cc1ccc(Cl)cc1. The molecule has 2 rings (SSSR count). The van der Waals surface area contributed by atoms with E-state index in [-0.39, 0.29) is 5.91 Å². The van der Waals surface area contributed by atoms with Gasteiger partial charge in [-0.1, -0.05) is 23.7 Å². The van der Waals surface area contributed by atoms with Crippen molar-refractivity contribution in [3.63, 3.8) is 0 Å². The topological polar surface area (TPSA) is 57.3 Å². The highest BCUT2D eigenvalue weighted by Gasteiger charge is 2.11. The molecule has 1 atom stereocenters. The lowest BCUT2D eigenvalue weighted by Gasteiger charge is -2.13. The van der Waals surface area contributed by atoms with Crippen molar-refractivity contribution in [3.05, 3.63) is 51.9 Å². The molecule has 0 aliphatic carbocycles. The molecule has 0 fully saturated rings. The number of benzene rings is 1. The summed E-state index contributed by atoms with van der Waals surface area (Å²) in [6.45, 7) is 1.56. The monoisotopic (exact) mass is 334 g/mol. The fourth-order valence-corrected chi connectivity index (χ4v) is 2.93. The van der Waals surface area contributed by atoms with Gasteiger partial charge in [0.25, 0.3) is 0 Å². The van der Waals surface area contributed by atoms with Crippen LogP contribution in [0.5, 0.6) is 0 Å². The van der Waals surface area contributed by atoms with Crippen molar-refractivity contribution >= 4 is 33.8 Å². The van der Waals surface area contributed by atoms with Crippen LogP contribution in [0.25, 0.3) is 0 Å². The van der Waals surface area contributed by atoms with Crippen LogP contribution in [0.2, 0.25) is 5.02 Å². The van der Waals surface area contributed by atoms with Crippen LogP contribution in [-0.2, 0) is 11.3 Å². The lowest BCUT2D eigenvalue weighted by Crippen LogP contribution is -3.07.